The first-order valence-corrected chi connectivity index (χ1v) is 5.03. The zero-order valence-corrected chi connectivity index (χ0v) is 10.6. The second-order valence-electron chi connectivity index (χ2n) is 4.73. The lowest BCUT2D eigenvalue weighted by molar-refractivity contribution is -0.142. The first-order valence-electron chi connectivity index (χ1n) is 5.03. The van der Waals surface area contributed by atoms with E-state index in [0.717, 1.165) is 25.9 Å². The molecule has 0 aromatic carbocycles. The Balaban J connectivity index is 0. The standard InChI is InChI=1S/C6H11NO2.C4H11N.ClH/c8-6(9)5-1-3-7-4-2-5;1-4(2,3)5;/h5,7H,1-4H2,(H,8,9);5H2,1-3H3;1H. The van der Waals surface area contributed by atoms with Crippen LogP contribution in [0.25, 0.3) is 0 Å². The summed E-state index contributed by atoms with van der Waals surface area (Å²) < 4.78 is 0. The molecule has 0 radical (unpaired) electrons. The van der Waals surface area contributed by atoms with Crippen LogP contribution in [0.5, 0.6) is 0 Å². The maximum absolute atomic E-state index is 10.3. The Morgan fingerprint density at radius 1 is 1.33 bits per heavy atom. The van der Waals surface area contributed by atoms with Crippen LogP contribution in [0.4, 0.5) is 0 Å². The SMILES string of the molecule is CC(C)(C)N.Cl.O=C(O)C1CCNCC1. The van der Waals surface area contributed by atoms with Crippen molar-refractivity contribution in [3.8, 4) is 0 Å². The van der Waals surface area contributed by atoms with E-state index in [1.165, 1.54) is 0 Å². The van der Waals surface area contributed by atoms with Gasteiger partial charge in [0, 0.05) is 5.54 Å². The molecule has 1 aliphatic heterocycles. The van der Waals surface area contributed by atoms with Gasteiger partial charge in [0.05, 0.1) is 5.92 Å². The third-order valence-corrected chi connectivity index (χ3v) is 1.69. The minimum atomic E-state index is -0.642. The first-order chi connectivity index (χ1) is 6.30. The van der Waals surface area contributed by atoms with Crippen LogP contribution in [0, 0.1) is 5.92 Å². The number of carbonyl (C=O) groups is 1. The molecule has 0 aromatic heterocycles. The molecule has 0 spiro atoms. The fourth-order valence-corrected chi connectivity index (χ4v) is 1.07. The summed E-state index contributed by atoms with van der Waals surface area (Å²) in [6.45, 7) is 7.61. The Bertz CT molecular complexity index is 169. The van der Waals surface area contributed by atoms with E-state index in [1.807, 2.05) is 20.8 Å². The number of piperidine rings is 1. The minimum Gasteiger partial charge on any atom is -0.481 e. The molecular weight excluding hydrogens is 216 g/mol. The van der Waals surface area contributed by atoms with Gasteiger partial charge < -0.3 is 16.2 Å². The van der Waals surface area contributed by atoms with Gasteiger partial charge in [-0.25, -0.2) is 0 Å². The average molecular weight is 239 g/mol. The fourth-order valence-electron chi connectivity index (χ4n) is 1.07. The first kappa shape index (κ1) is 17.1. The number of nitrogens with two attached hydrogens (primary N) is 1. The topological polar surface area (TPSA) is 75.4 Å². The van der Waals surface area contributed by atoms with Gasteiger partial charge in [0.2, 0.25) is 0 Å². The maximum Gasteiger partial charge on any atom is 0.306 e. The van der Waals surface area contributed by atoms with Crippen molar-refractivity contribution >= 4 is 18.4 Å². The average Bonchev–Trinajstić information content (AvgIpc) is 2.03. The quantitative estimate of drug-likeness (QED) is 0.643. The number of nitrogens with one attached hydrogen (secondary N) is 1. The number of aliphatic carboxylic acids is 1. The van der Waals surface area contributed by atoms with Gasteiger partial charge in [-0.15, -0.1) is 12.4 Å². The second kappa shape index (κ2) is 7.91. The predicted molar refractivity (Wildman–Crippen MR) is 64.4 cm³/mol. The minimum absolute atomic E-state index is 0. The Morgan fingerprint density at radius 3 is 1.87 bits per heavy atom. The van der Waals surface area contributed by atoms with Gasteiger partial charge in [-0.05, 0) is 46.7 Å². The fraction of sp³-hybridized carbons (Fsp3) is 0.900. The van der Waals surface area contributed by atoms with Crippen LogP contribution in [0.2, 0.25) is 0 Å². The Morgan fingerprint density at radius 2 is 1.67 bits per heavy atom. The number of rotatable bonds is 1. The third-order valence-electron chi connectivity index (χ3n) is 1.69. The van der Waals surface area contributed by atoms with Crippen LogP contribution in [-0.2, 0) is 4.79 Å². The van der Waals surface area contributed by atoms with E-state index in [4.69, 9.17) is 10.8 Å². The van der Waals surface area contributed by atoms with Gasteiger partial charge in [-0.3, -0.25) is 4.79 Å². The van der Waals surface area contributed by atoms with Crippen molar-refractivity contribution in [3.05, 3.63) is 0 Å². The molecule has 4 nitrogen and oxygen atoms in total. The molecule has 4 N–H and O–H groups in total. The summed E-state index contributed by atoms with van der Waals surface area (Å²) in [4.78, 5) is 10.3. The van der Waals surface area contributed by atoms with Crippen molar-refractivity contribution in [3.63, 3.8) is 0 Å². The van der Waals surface area contributed by atoms with Crippen LogP contribution in [-0.4, -0.2) is 29.7 Å². The molecule has 1 fully saturated rings. The molecule has 0 atom stereocenters. The molecule has 0 aliphatic carbocycles. The van der Waals surface area contributed by atoms with Crippen molar-refractivity contribution in [2.75, 3.05) is 13.1 Å². The van der Waals surface area contributed by atoms with E-state index in [-0.39, 0.29) is 23.9 Å². The summed E-state index contributed by atoms with van der Waals surface area (Å²) in [5, 5.41) is 11.6. The number of carboxylic acid groups (broad SMARTS) is 1. The van der Waals surface area contributed by atoms with Crippen LogP contribution in [0.1, 0.15) is 33.6 Å². The maximum atomic E-state index is 10.3. The molecule has 1 heterocycles. The van der Waals surface area contributed by atoms with Gasteiger partial charge >= 0.3 is 5.97 Å². The Hall–Kier alpha value is -0.320. The summed E-state index contributed by atoms with van der Waals surface area (Å²) in [7, 11) is 0. The zero-order chi connectivity index (χ0) is 11.2. The molecule has 0 unspecified atom stereocenters. The molecule has 1 saturated heterocycles. The molecule has 0 amide bonds. The molecule has 0 aromatic rings. The van der Waals surface area contributed by atoms with E-state index in [1.54, 1.807) is 0 Å². The highest BCUT2D eigenvalue weighted by atomic mass is 35.5. The molecule has 0 saturated carbocycles. The highest BCUT2D eigenvalue weighted by Gasteiger charge is 2.18. The van der Waals surface area contributed by atoms with E-state index in [9.17, 15) is 4.79 Å². The predicted octanol–water partition coefficient (Wildman–Crippen LogP) is 1.24. The van der Waals surface area contributed by atoms with Crippen molar-refractivity contribution in [2.24, 2.45) is 11.7 Å². The molecule has 1 aliphatic rings. The zero-order valence-electron chi connectivity index (χ0n) is 9.75. The van der Waals surface area contributed by atoms with Crippen LogP contribution in [0.3, 0.4) is 0 Å². The number of hydrogen-bond donors (Lipinski definition) is 3. The highest BCUT2D eigenvalue weighted by Crippen LogP contribution is 2.10. The van der Waals surface area contributed by atoms with Crippen LogP contribution < -0.4 is 11.1 Å². The smallest absolute Gasteiger partial charge is 0.306 e. The van der Waals surface area contributed by atoms with Crippen LogP contribution in [0.15, 0.2) is 0 Å². The van der Waals surface area contributed by atoms with E-state index in [0.29, 0.717) is 0 Å². The molecule has 15 heavy (non-hydrogen) atoms. The number of carboxylic acids is 1. The number of halogens is 1. The highest BCUT2D eigenvalue weighted by molar-refractivity contribution is 5.85. The lowest BCUT2D eigenvalue weighted by Gasteiger charge is -2.17. The van der Waals surface area contributed by atoms with Gasteiger partial charge in [0.15, 0.2) is 0 Å². The molecule has 0 bridgehead atoms. The number of hydrogen-bond acceptors (Lipinski definition) is 3. The molecule has 92 valence electrons. The Kier molecular flexibility index (Phi) is 9.01. The van der Waals surface area contributed by atoms with E-state index in [2.05, 4.69) is 5.32 Å². The van der Waals surface area contributed by atoms with Crippen molar-refractivity contribution in [1.82, 2.24) is 5.32 Å². The molecular formula is C10H23ClN2O2. The Labute approximate surface area is 98.0 Å². The lowest BCUT2D eigenvalue weighted by Crippen LogP contribution is -2.31. The summed E-state index contributed by atoms with van der Waals surface area (Å²) in [6, 6.07) is 0. The molecule has 1 rings (SSSR count). The van der Waals surface area contributed by atoms with Crippen LogP contribution >= 0.6 is 12.4 Å². The largest absolute Gasteiger partial charge is 0.481 e. The van der Waals surface area contributed by atoms with Gasteiger partial charge in [0.1, 0.15) is 0 Å². The summed E-state index contributed by atoms with van der Waals surface area (Å²) in [5.41, 5.74) is 5.35. The molecule has 5 heteroatoms. The van der Waals surface area contributed by atoms with E-state index >= 15 is 0 Å². The van der Waals surface area contributed by atoms with Gasteiger partial charge in [-0.2, -0.15) is 0 Å². The van der Waals surface area contributed by atoms with Crippen molar-refractivity contribution in [1.29, 1.82) is 0 Å². The van der Waals surface area contributed by atoms with Crippen molar-refractivity contribution in [2.45, 2.75) is 39.2 Å². The van der Waals surface area contributed by atoms with Gasteiger partial charge in [0.25, 0.3) is 0 Å². The normalized spacial score (nSPS) is 17.1. The third kappa shape index (κ3) is 13.7. The van der Waals surface area contributed by atoms with Crippen molar-refractivity contribution < 1.29 is 9.90 Å². The summed E-state index contributed by atoms with van der Waals surface area (Å²) >= 11 is 0. The monoisotopic (exact) mass is 238 g/mol. The summed E-state index contributed by atoms with van der Waals surface area (Å²) in [6.07, 6.45) is 1.57. The van der Waals surface area contributed by atoms with Gasteiger partial charge in [-0.1, -0.05) is 0 Å². The summed E-state index contributed by atoms with van der Waals surface area (Å²) in [5.74, 6) is -0.734. The van der Waals surface area contributed by atoms with E-state index < -0.39 is 5.97 Å². The lowest BCUT2D eigenvalue weighted by atomic mass is 9.99. The second-order valence-corrected chi connectivity index (χ2v) is 4.73.